The van der Waals surface area contributed by atoms with Crippen molar-refractivity contribution >= 4 is 32.1 Å². The van der Waals surface area contributed by atoms with Crippen LogP contribution in [-0.4, -0.2) is 34.1 Å². The van der Waals surface area contributed by atoms with Gasteiger partial charge in [-0.1, -0.05) is 0 Å². The first-order chi connectivity index (χ1) is 10.7. The van der Waals surface area contributed by atoms with Crippen LogP contribution in [0.5, 0.6) is 0 Å². The predicted molar refractivity (Wildman–Crippen MR) is 91.9 cm³/mol. The summed E-state index contributed by atoms with van der Waals surface area (Å²) in [6, 6.07) is 20.2. The number of hydrogen-bond acceptors (Lipinski definition) is 3. The third kappa shape index (κ3) is 4.69. The normalized spacial score (nSPS) is 13.0. The molecule has 22 heavy (non-hydrogen) atoms. The van der Waals surface area contributed by atoms with Crippen molar-refractivity contribution in [3.05, 3.63) is 66.2 Å². The summed E-state index contributed by atoms with van der Waals surface area (Å²) < 4.78 is 25.6. The van der Waals surface area contributed by atoms with Gasteiger partial charge >= 0.3 is 143 Å². The zero-order valence-corrected chi connectivity index (χ0v) is 16.1. The van der Waals surface area contributed by atoms with Crippen LogP contribution in [0.3, 0.4) is 0 Å². The molecule has 0 amide bonds. The van der Waals surface area contributed by atoms with Gasteiger partial charge in [0.1, 0.15) is 0 Å². The van der Waals surface area contributed by atoms with Crippen molar-refractivity contribution < 1.29 is 13.6 Å². The first-order valence-corrected chi connectivity index (χ1v) is 11.5. The molecule has 0 heterocycles. The Morgan fingerprint density at radius 2 is 1.41 bits per heavy atom. The Kier molecular flexibility index (Phi) is 7.15. The third-order valence-electron chi connectivity index (χ3n) is 2.98. The molecule has 1 unspecified atom stereocenters. The van der Waals surface area contributed by atoms with Gasteiger partial charge in [0.05, 0.1) is 0 Å². The molecule has 0 aliphatic carbocycles. The molecule has 0 N–H and O–H groups in total. The molecule has 0 saturated heterocycles. The summed E-state index contributed by atoms with van der Waals surface area (Å²) in [5, 5.41) is 0. The topological polar surface area (TPSA) is 35.5 Å². The van der Waals surface area contributed by atoms with Crippen LogP contribution in [0.25, 0.3) is 0 Å². The molecular formula is C17H21O3PTe. The Morgan fingerprint density at radius 1 is 0.909 bits per heavy atom. The fraction of sp³-hybridized carbons (Fsp3) is 0.294. The molecule has 1 atom stereocenters. The van der Waals surface area contributed by atoms with Gasteiger partial charge < -0.3 is 0 Å². The van der Waals surface area contributed by atoms with Gasteiger partial charge in [0, 0.05) is 0 Å². The zero-order valence-electron chi connectivity index (χ0n) is 12.8. The van der Waals surface area contributed by atoms with Crippen molar-refractivity contribution in [1.82, 2.24) is 0 Å². The van der Waals surface area contributed by atoms with Gasteiger partial charge in [-0.2, -0.15) is 0 Å². The van der Waals surface area contributed by atoms with Gasteiger partial charge in [0.2, 0.25) is 0 Å². The van der Waals surface area contributed by atoms with Crippen LogP contribution in [0.4, 0.5) is 0 Å². The molecular weight excluding hydrogens is 411 g/mol. The second kappa shape index (κ2) is 8.87. The summed E-state index contributed by atoms with van der Waals surface area (Å²) in [4.78, 5) is 0. The second-order valence-corrected chi connectivity index (χ2v) is 11.1. The minimum absolute atomic E-state index is 0.165. The standard InChI is InChI=1S/C17H21O3PTe/c1-3-19-21(18,20-4-2)17(15-11-7-5-8-12-15)22-16-13-9-6-10-14-16/h5-14,17H,3-4H2,1-2H3. The van der Waals surface area contributed by atoms with Crippen molar-refractivity contribution in [2.75, 3.05) is 13.2 Å². The Labute approximate surface area is 142 Å². The van der Waals surface area contributed by atoms with E-state index in [0.717, 1.165) is 5.56 Å². The van der Waals surface area contributed by atoms with Crippen molar-refractivity contribution in [3.8, 4) is 0 Å². The van der Waals surface area contributed by atoms with E-state index < -0.39 is 28.5 Å². The number of rotatable bonds is 8. The molecule has 0 saturated carbocycles. The number of benzene rings is 2. The zero-order chi connectivity index (χ0) is 15.8. The SMILES string of the molecule is CCOP(=O)(OCC)C([Te]c1ccccc1)c1ccccc1. The van der Waals surface area contributed by atoms with Crippen molar-refractivity contribution in [1.29, 1.82) is 0 Å². The van der Waals surface area contributed by atoms with Gasteiger partial charge in [-0.05, 0) is 0 Å². The molecule has 0 bridgehead atoms. The predicted octanol–water partition coefficient (Wildman–Crippen LogP) is 3.98. The van der Waals surface area contributed by atoms with Gasteiger partial charge in [-0.3, -0.25) is 0 Å². The van der Waals surface area contributed by atoms with Crippen LogP contribution in [0.1, 0.15) is 23.1 Å². The van der Waals surface area contributed by atoms with E-state index in [2.05, 4.69) is 12.1 Å². The van der Waals surface area contributed by atoms with Crippen molar-refractivity contribution in [3.63, 3.8) is 0 Å². The first-order valence-electron chi connectivity index (χ1n) is 7.35. The van der Waals surface area contributed by atoms with Crippen LogP contribution in [-0.2, 0) is 13.6 Å². The molecule has 2 rings (SSSR count). The van der Waals surface area contributed by atoms with E-state index >= 15 is 0 Å². The van der Waals surface area contributed by atoms with Gasteiger partial charge in [-0.25, -0.2) is 0 Å². The van der Waals surface area contributed by atoms with Crippen LogP contribution in [0.2, 0.25) is 0 Å². The molecule has 2 aromatic rings. The maximum absolute atomic E-state index is 13.3. The minimum atomic E-state index is -3.16. The van der Waals surface area contributed by atoms with E-state index in [4.69, 9.17) is 9.05 Å². The van der Waals surface area contributed by atoms with Crippen molar-refractivity contribution in [2.45, 2.75) is 17.6 Å². The summed E-state index contributed by atoms with van der Waals surface area (Å²) in [6.45, 7) is 4.50. The van der Waals surface area contributed by atoms with E-state index in [1.54, 1.807) is 0 Å². The molecule has 5 heteroatoms. The molecule has 0 fully saturated rings. The van der Waals surface area contributed by atoms with E-state index in [1.165, 1.54) is 3.61 Å². The monoisotopic (exact) mass is 434 g/mol. The molecule has 0 aromatic heterocycles. The second-order valence-electron chi connectivity index (χ2n) is 4.57. The molecule has 2 aromatic carbocycles. The molecule has 0 aliphatic heterocycles. The summed E-state index contributed by atoms with van der Waals surface area (Å²) in [5.41, 5.74) is 1.04. The summed E-state index contributed by atoms with van der Waals surface area (Å²) in [6.07, 6.45) is 0. The Hall–Kier alpha value is -0.620. The van der Waals surface area contributed by atoms with Gasteiger partial charge in [-0.15, -0.1) is 0 Å². The fourth-order valence-electron chi connectivity index (χ4n) is 2.09. The van der Waals surface area contributed by atoms with E-state index in [0.29, 0.717) is 13.2 Å². The van der Waals surface area contributed by atoms with Crippen LogP contribution in [0.15, 0.2) is 60.7 Å². The molecule has 0 radical (unpaired) electrons. The van der Waals surface area contributed by atoms with E-state index in [9.17, 15) is 4.57 Å². The molecule has 0 aliphatic rings. The van der Waals surface area contributed by atoms with Gasteiger partial charge in [0.15, 0.2) is 0 Å². The average molecular weight is 432 g/mol. The van der Waals surface area contributed by atoms with Crippen molar-refractivity contribution in [2.24, 2.45) is 0 Å². The molecule has 118 valence electrons. The summed E-state index contributed by atoms with van der Waals surface area (Å²) >= 11 is -0.759. The molecule has 0 spiro atoms. The third-order valence-corrected chi connectivity index (χ3v) is 11.0. The van der Waals surface area contributed by atoms with Crippen LogP contribution in [0, 0.1) is 0 Å². The van der Waals surface area contributed by atoms with Crippen LogP contribution < -0.4 is 3.61 Å². The Morgan fingerprint density at radius 3 is 1.91 bits per heavy atom. The van der Waals surface area contributed by atoms with E-state index in [-0.39, 0.29) is 3.71 Å². The van der Waals surface area contributed by atoms with Gasteiger partial charge in [0.25, 0.3) is 0 Å². The fourth-order valence-corrected chi connectivity index (χ4v) is 9.26. The van der Waals surface area contributed by atoms with E-state index in [1.807, 2.05) is 62.4 Å². The Bertz CT molecular complexity index is 594. The first kappa shape index (κ1) is 17.7. The molecule has 3 nitrogen and oxygen atoms in total. The average Bonchev–Trinajstić information content (AvgIpc) is 2.55. The summed E-state index contributed by atoms with van der Waals surface area (Å²) in [7, 11) is -3.16. The Balaban J connectivity index is 2.38. The summed E-state index contributed by atoms with van der Waals surface area (Å²) in [5.74, 6) is 0. The quantitative estimate of drug-likeness (QED) is 0.468. The van der Waals surface area contributed by atoms with Crippen LogP contribution >= 0.6 is 7.60 Å². The number of hydrogen-bond donors (Lipinski definition) is 0. The maximum atomic E-state index is 13.3.